The number of carbonyl (C=O) groups is 1. The Morgan fingerprint density at radius 3 is 2.95 bits per heavy atom. The molecule has 1 aromatic rings. The van der Waals surface area contributed by atoms with Gasteiger partial charge in [0.15, 0.2) is 0 Å². The Labute approximate surface area is 119 Å². The molecule has 0 aliphatic carbocycles. The molecule has 0 bridgehead atoms. The Hall–Kier alpha value is -1.06. The van der Waals surface area contributed by atoms with Gasteiger partial charge >= 0.3 is 0 Å². The van der Waals surface area contributed by atoms with Gasteiger partial charge in [0.2, 0.25) is 0 Å². The molecule has 2 N–H and O–H groups in total. The van der Waals surface area contributed by atoms with E-state index in [1.165, 1.54) is 0 Å². The number of piperidine rings is 1. The van der Waals surface area contributed by atoms with Crippen LogP contribution in [0.5, 0.6) is 0 Å². The molecule has 1 saturated heterocycles. The molecular weight excluding hydrogens is 260 g/mol. The third-order valence-electron chi connectivity index (χ3n) is 4.13. The first-order chi connectivity index (χ1) is 9.04. The quantitative estimate of drug-likeness (QED) is 0.905. The first-order valence-corrected chi connectivity index (χ1v) is 7.16. The maximum Gasteiger partial charge on any atom is 0.255 e. The minimum Gasteiger partial charge on any atom is -0.338 e. The molecule has 0 radical (unpaired) electrons. The van der Waals surface area contributed by atoms with Crippen LogP contribution in [0.3, 0.4) is 0 Å². The van der Waals surface area contributed by atoms with Crippen molar-refractivity contribution in [2.45, 2.75) is 20.3 Å². The van der Waals surface area contributed by atoms with Gasteiger partial charge in [-0.15, -0.1) is 0 Å². The number of hydrogen-bond acceptors (Lipinski definition) is 2. The van der Waals surface area contributed by atoms with Crippen molar-refractivity contribution in [3.8, 4) is 0 Å². The lowest BCUT2D eigenvalue weighted by Gasteiger charge is -2.36. The first kappa shape index (κ1) is 14.4. The van der Waals surface area contributed by atoms with E-state index >= 15 is 0 Å². The van der Waals surface area contributed by atoms with Crippen molar-refractivity contribution in [1.82, 2.24) is 4.90 Å². The third kappa shape index (κ3) is 2.93. The van der Waals surface area contributed by atoms with Gasteiger partial charge in [-0.3, -0.25) is 4.79 Å². The third-order valence-corrected chi connectivity index (χ3v) is 4.63. The molecule has 3 nitrogen and oxygen atoms in total. The van der Waals surface area contributed by atoms with Crippen LogP contribution < -0.4 is 5.73 Å². The molecule has 0 aromatic heterocycles. The molecule has 1 heterocycles. The summed E-state index contributed by atoms with van der Waals surface area (Å²) in [5.74, 6) is 1.00. The maximum atomic E-state index is 12.5. The van der Waals surface area contributed by atoms with Gasteiger partial charge in [0.05, 0.1) is 10.6 Å². The summed E-state index contributed by atoms with van der Waals surface area (Å²) in [6.07, 6.45) is 1.01. The standard InChI is InChI=1S/C15H21ClN2O/c1-10-6-7-18(9-12(10)8-17)15(19)13-5-3-4-11(2)14(13)16/h3-5,10,12H,6-9,17H2,1-2H3. The summed E-state index contributed by atoms with van der Waals surface area (Å²) >= 11 is 6.23. The monoisotopic (exact) mass is 280 g/mol. The Balaban J connectivity index is 2.18. The molecule has 2 unspecified atom stereocenters. The summed E-state index contributed by atoms with van der Waals surface area (Å²) < 4.78 is 0. The Kier molecular flexibility index (Phi) is 4.48. The second-order valence-electron chi connectivity index (χ2n) is 5.45. The van der Waals surface area contributed by atoms with Gasteiger partial charge < -0.3 is 10.6 Å². The van der Waals surface area contributed by atoms with Crippen molar-refractivity contribution in [3.63, 3.8) is 0 Å². The SMILES string of the molecule is Cc1cccc(C(=O)N2CCC(C)C(CN)C2)c1Cl. The summed E-state index contributed by atoms with van der Waals surface area (Å²) in [5.41, 5.74) is 7.33. The number of amides is 1. The van der Waals surface area contributed by atoms with E-state index in [2.05, 4.69) is 6.92 Å². The van der Waals surface area contributed by atoms with Gasteiger partial charge in [0, 0.05) is 13.1 Å². The van der Waals surface area contributed by atoms with Crippen LogP contribution in [0.25, 0.3) is 0 Å². The van der Waals surface area contributed by atoms with Crippen LogP contribution >= 0.6 is 11.6 Å². The zero-order valence-electron chi connectivity index (χ0n) is 11.5. The molecule has 0 saturated carbocycles. The minimum absolute atomic E-state index is 0.0269. The van der Waals surface area contributed by atoms with E-state index < -0.39 is 0 Å². The number of rotatable bonds is 2. The van der Waals surface area contributed by atoms with Gasteiger partial charge in [0.25, 0.3) is 5.91 Å². The number of benzene rings is 1. The molecular formula is C15H21ClN2O. The number of aryl methyl sites for hydroxylation is 1. The minimum atomic E-state index is 0.0269. The number of halogens is 1. The summed E-state index contributed by atoms with van der Waals surface area (Å²) in [4.78, 5) is 14.4. The fourth-order valence-electron chi connectivity index (χ4n) is 2.62. The van der Waals surface area contributed by atoms with Gasteiger partial charge in [-0.1, -0.05) is 30.7 Å². The molecule has 1 aliphatic heterocycles. The number of carbonyl (C=O) groups excluding carboxylic acids is 1. The predicted molar refractivity (Wildman–Crippen MR) is 78.4 cm³/mol. The average molecular weight is 281 g/mol. The van der Waals surface area contributed by atoms with Gasteiger partial charge in [-0.2, -0.15) is 0 Å². The molecule has 19 heavy (non-hydrogen) atoms. The van der Waals surface area contributed by atoms with Gasteiger partial charge in [0.1, 0.15) is 0 Å². The van der Waals surface area contributed by atoms with Crippen LogP contribution in [0.15, 0.2) is 18.2 Å². The van der Waals surface area contributed by atoms with Crippen LogP contribution in [0.1, 0.15) is 29.3 Å². The number of likely N-dealkylation sites (tertiary alicyclic amines) is 1. The topological polar surface area (TPSA) is 46.3 Å². The normalized spacial score (nSPS) is 23.5. The van der Waals surface area contributed by atoms with Crippen molar-refractivity contribution >= 4 is 17.5 Å². The lowest BCUT2D eigenvalue weighted by Crippen LogP contribution is -2.45. The second-order valence-corrected chi connectivity index (χ2v) is 5.83. The number of nitrogens with zero attached hydrogens (tertiary/aromatic N) is 1. The van der Waals surface area contributed by atoms with Crippen molar-refractivity contribution in [2.24, 2.45) is 17.6 Å². The molecule has 1 amide bonds. The van der Waals surface area contributed by atoms with E-state index in [0.717, 1.165) is 25.1 Å². The molecule has 0 spiro atoms. The maximum absolute atomic E-state index is 12.5. The lowest BCUT2D eigenvalue weighted by atomic mass is 9.87. The van der Waals surface area contributed by atoms with E-state index in [0.29, 0.717) is 29.0 Å². The van der Waals surface area contributed by atoms with Crippen LogP contribution in [-0.4, -0.2) is 30.4 Å². The molecule has 1 aliphatic rings. The Morgan fingerprint density at radius 2 is 2.26 bits per heavy atom. The highest BCUT2D eigenvalue weighted by atomic mass is 35.5. The summed E-state index contributed by atoms with van der Waals surface area (Å²) in [7, 11) is 0. The van der Waals surface area contributed by atoms with Crippen LogP contribution in [0.4, 0.5) is 0 Å². The number of nitrogens with two attached hydrogens (primary N) is 1. The van der Waals surface area contributed by atoms with Crippen molar-refractivity contribution in [1.29, 1.82) is 0 Å². The zero-order chi connectivity index (χ0) is 14.0. The average Bonchev–Trinajstić information content (AvgIpc) is 2.41. The lowest BCUT2D eigenvalue weighted by molar-refractivity contribution is 0.0618. The summed E-state index contributed by atoms with van der Waals surface area (Å²) in [6, 6.07) is 5.59. The van der Waals surface area contributed by atoms with E-state index in [1.54, 1.807) is 6.07 Å². The fraction of sp³-hybridized carbons (Fsp3) is 0.533. The highest BCUT2D eigenvalue weighted by Crippen LogP contribution is 2.26. The molecule has 4 heteroatoms. The zero-order valence-corrected chi connectivity index (χ0v) is 12.3. The van der Waals surface area contributed by atoms with E-state index in [9.17, 15) is 4.79 Å². The largest absolute Gasteiger partial charge is 0.338 e. The van der Waals surface area contributed by atoms with Crippen LogP contribution in [0, 0.1) is 18.8 Å². The molecule has 2 rings (SSSR count). The smallest absolute Gasteiger partial charge is 0.255 e. The second kappa shape index (κ2) is 5.93. The summed E-state index contributed by atoms with van der Waals surface area (Å²) in [5, 5.41) is 0.565. The highest BCUT2D eigenvalue weighted by Gasteiger charge is 2.29. The Bertz CT molecular complexity index is 475. The summed E-state index contributed by atoms with van der Waals surface area (Å²) in [6.45, 7) is 6.28. The molecule has 1 aromatic carbocycles. The Morgan fingerprint density at radius 1 is 1.53 bits per heavy atom. The van der Waals surface area contributed by atoms with Crippen LogP contribution in [0.2, 0.25) is 5.02 Å². The molecule has 104 valence electrons. The van der Waals surface area contributed by atoms with Crippen molar-refractivity contribution in [2.75, 3.05) is 19.6 Å². The molecule has 2 atom stereocenters. The first-order valence-electron chi connectivity index (χ1n) is 6.79. The van der Waals surface area contributed by atoms with Gasteiger partial charge in [-0.25, -0.2) is 0 Å². The predicted octanol–water partition coefficient (Wildman–Crippen LogP) is 2.71. The fourth-order valence-corrected chi connectivity index (χ4v) is 2.83. The van der Waals surface area contributed by atoms with Gasteiger partial charge in [-0.05, 0) is 43.4 Å². The molecule has 1 fully saturated rings. The van der Waals surface area contributed by atoms with Crippen molar-refractivity contribution < 1.29 is 4.79 Å². The van der Waals surface area contributed by atoms with Crippen molar-refractivity contribution in [3.05, 3.63) is 34.3 Å². The number of hydrogen-bond donors (Lipinski definition) is 1. The van der Waals surface area contributed by atoms with E-state index in [-0.39, 0.29) is 5.91 Å². The highest BCUT2D eigenvalue weighted by molar-refractivity contribution is 6.34. The van der Waals surface area contributed by atoms with Crippen LogP contribution in [-0.2, 0) is 0 Å². The van der Waals surface area contributed by atoms with E-state index in [4.69, 9.17) is 17.3 Å². The van der Waals surface area contributed by atoms with E-state index in [1.807, 2.05) is 24.0 Å².